The van der Waals surface area contributed by atoms with Crippen LogP contribution in [0.15, 0.2) is 78.9 Å². The van der Waals surface area contributed by atoms with Crippen molar-refractivity contribution in [2.24, 2.45) is 0 Å². The number of thioether (sulfide) groups is 1. The summed E-state index contributed by atoms with van der Waals surface area (Å²) in [5.41, 5.74) is 3.78. The molecule has 4 rings (SSSR count). The predicted octanol–water partition coefficient (Wildman–Crippen LogP) is 5.96. The number of carbonyl (C=O) groups excluding carboxylic acids is 1. The van der Waals surface area contributed by atoms with Crippen LogP contribution in [0.4, 0.5) is 0 Å². The van der Waals surface area contributed by atoms with E-state index in [4.69, 9.17) is 16.6 Å². The van der Waals surface area contributed by atoms with E-state index >= 15 is 0 Å². The van der Waals surface area contributed by atoms with Gasteiger partial charge in [0.1, 0.15) is 5.82 Å². The Hall–Kier alpha value is -2.76. The topological polar surface area (TPSA) is 46.9 Å². The van der Waals surface area contributed by atoms with Gasteiger partial charge in [0.15, 0.2) is 0 Å². The van der Waals surface area contributed by atoms with E-state index in [1.165, 1.54) is 5.56 Å². The molecule has 0 aliphatic heterocycles. The van der Waals surface area contributed by atoms with Crippen LogP contribution >= 0.6 is 23.4 Å². The van der Waals surface area contributed by atoms with E-state index in [2.05, 4.69) is 34.3 Å². The maximum Gasteiger partial charge on any atom is 0.251 e. The van der Waals surface area contributed by atoms with Crippen LogP contribution < -0.4 is 5.32 Å². The van der Waals surface area contributed by atoms with Crippen molar-refractivity contribution in [3.8, 4) is 0 Å². The molecule has 31 heavy (non-hydrogen) atoms. The van der Waals surface area contributed by atoms with Crippen LogP contribution in [0.5, 0.6) is 0 Å². The van der Waals surface area contributed by atoms with Crippen molar-refractivity contribution < 1.29 is 4.79 Å². The first-order valence-electron chi connectivity index (χ1n) is 10.2. The van der Waals surface area contributed by atoms with Gasteiger partial charge >= 0.3 is 0 Å². The molecule has 1 atom stereocenters. The third kappa shape index (κ3) is 5.12. The lowest BCUT2D eigenvalue weighted by Gasteiger charge is -2.20. The smallest absolute Gasteiger partial charge is 0.251 e. The second-order valence-corrected chi connectivity index (χ2v) is 8.77. The summed E-state index contributed by atoms with van der Waals surface area (Å²) in [5, 5.41) is 3.82. The van der Waals surface area contributed by atoms with Gasteiger partial charge in [0.25, 0.3) is 5.91 Å². The molecule has 4 nitrogen and oxygen atoms in total. The number of nitrogens with zero attached hydrogens (tertiary/aromatic N) is 2. The molecule has 158 valence electrons. The van der Waals surface area contributed by atoms with Crippen molar-refractivity contribution in [1.82, 2.24) is 14.9 Å². The highest BCUT2D eigenvalue weighted by atomic mass is 35.5. The second kappa shape index (κ2) is 10.0. The number of imidazole rings is 1. The number of amides is 1. The van der Waals surface area contributed by atoms with Crippen LogP contribution in [0, 0.1) is 0 Å². The summed E-state index contributed by atoms with van der Waals surface area (Å²) in [7, 11) is 0. The molecule has 1 N–H and O–H groups in total. The number of para-hydroxylation sites is 2. The van der Waals surface area contributed by atoms with Crippen LogP contribution in [0.25, 0.3) is 11.0 Å². The van der Waals surface area contributed by atoms with Crippen LogP contribution in [-0.2, 0) is 6.54 Å². The average molecular weight is 450 g/mol. The van der Waals surface area contributed by atoms with Crippen molar-refractivity contribution in [2.75, 3.05) is 12.0 Å². The van der Waals surface area contributed by atoms with Crippen LogP contribution in [0.1, 0.15) is 34.2 Å². The molecule has 1 heterocycles. The lowest BCUT2D eigenvalue weighted by atomic mass is 10.1. The Kier molecular flexibility index (Phi) is 6.95. The monoisotopic (exact) mass is 449 g/mol. The number of halogens is 1. The summed E-state index contributed by atoms with van der Waals surface area (Å²) in [4.78, 5) is 17.9. The van der Waals surface area contributed by atoms with E-state index in [9.17, 15) is 4.79 Å². The molecule has 4 aromatic rings. The van der Waals surface area contributed by atoms with Gasteiger partial charge < -0.3 is 9.88 Å². The maximum atomic E-state index is 13.0. The van der Waals surface area contributed by atoms with E-state index in [1.807, 2.05) is 36.4 Å². The Bertz CT molecular complexity index is 1160. The van der Waals surface area contributed by atoms with Crippen molar-refractivity contribution in [3.63, 3.8) is 0 Å². The number of fused-ring (bicyclic) bond motifs is 1. The normalized spacial score (nSPS) is 12.1. The van der Waals surface area contributed by atoms with E-state index in [0.29, 0.717) is 17.1 Å². The van der Waals surface area contributed by atoms with Crippen LogP contribution in [0.3, 0.4) is 0 Å². The highest BCUT2D eigenvalue weighted by molar-refractivity contribution is 7.98. The van der Waals surface area contributed by atoms with Gasteiger partial charge in [-0.3, -0.25) is 4.79 Å². The summed E-state index contributed by atoms with van der Waals surface area (Å²) < 4.78 is 2.22. The molecule has 0 aliphatic rings. The molecule has 1 amide bonds. The van der Waals surface area contributed by atoms with Crippen molar-refractivity contribution >= 4 is 40.3 Å². The highest BCUT2D eigenvalue weighted by Crippen LogP contribution is 2.26. The first-order chi connectivity index (χ1) is 15.2. The number of rotatable bonds is 8. The fraction of sp³-hybridized carbons (Fsp3) is 0.200. The molecule has 0 radical (unpaired) electrons. The number of hydrogen-bond donors (Lipinski definition) is 1. The molecule has 0 spiro atoms. The largest absolute Gasteiger partial charge is 0.342 e. The van der Waals surface area contributed by atoms with E-state index in [0.717, 1.165) is 29.0 Å². The van der Waals surface area contributed by atoms with Gasteiger partial charge in [0.2, 0.25) is 0 Å². The van der Waals surface area contributed by atoms with E-state index in [-0.39, 0.29) is 11.9 Å². The summed E-state index contributed by atoms with van der Waals surface area (Å²) in [6, 6.07) is 25.2. The SMILES string of the molecule is CSCCC(NC(=O)c1ccc(Cl)cc1)c1nc2ccccc2n1Cc1ccccc1. The van der Waals surface area contributed by atoms with Gasteiger partial charge in [-0.05, 0) is 60.4 Å². The van der Waals surface area contributed by atoms with E-state index < -0.39 is 0 Å². The molecule has 6 heteroatoms. The molecule has 3 aromatic carbocycles. The standard InChI is InChI=1S/C25H24ClN3OS/c1-31-16-15-22(28-25(30)19-11-13-20(26)14-12-19)24-27-21-9-5-6-10-23(21)29(24)17-18-7-3-2-4-8-18/h2-14,22H,15-17H2,1H3,(H,28,30). The van der Waals surface area contributed by atoms with Gasteiger partial charge in [-0.15, -0.1) is 0 Å². The molecule has 0 fully saturated rings. The van der Waals surface area contributed by atoms with E-state index in [1.54, 1.807) is 36.0 Å². The minimum absolute atomic E-state index is 0.124. The molecular weight excluding hydrogens is 426 g/mol. The number of benzene rings is 3. The van der Waals surface area contributed by atoms with Gasteiger partial charge in [-0.1, -0.05) is 54.1 Å². The molecule has 1 aromatic heterocycles. The second-order valence-electron chi connectivity index (χ2n) is 7.34. The fourth-order valence-electron chi connectivity index (χ4n) is 3.64. The zero-order valence-corrected chi connectivity index (χ0v) is 18.9. The Morgan fingerprint density at radius 3 is 2.48 bits per heavy atom. The zero-order valence-electron chi connectivity index (χ0n) is 17.3. The van der Waals surface area contributed by atoms with Crippen molar-refractivity contribution in [2.45, 2.75) is 19.0 Å². The highest BCUT2D eigenvalue weighted by Gasteiger charge is 2.22. The van der Waals surface area contributed by atoms with Crippen LogP contribution in [-0.4, -0.2) is 27.5 Å². The van der Waals surface area contributed by atoms with Crippen molar-refractivity contribution in [1.29, 1.82) is 0 Å². The zero-order chi connectivity index (χ0) is 21.6. The Morgan fingerprint density at radius 1 is 1.03 bits per heavy atom. The number of carbonyl (C=O) groups is 1. The Morgan fingerprint density at radius 2 is 1.74 bits per heavy atom. The number of hydrogen-bond acceptors (Lipinski definition) is 3. The third-order valence-corrected chi connectivity index (χ3v) is 6.10. The summed E-state index contributed by atoms with van der Waals surface area (Å²) in [6.45, 7) is 0.698. The Balaban J connectivity index is 1.71. The Labute approximate surface area is 191 Å². The average Bonchev–Trinajstić information content (AvgIpc) is 3.16. The van der Waals surface area contributed by atoms with Crippen molar-refractivity contribution in [3.05, 3.63) is 101 Å². The fourth-order valence-corrected chi connectivity index (χ4v) is 4.23. The molecule has 0 aliphatic carbocycles. The van der Waals surface area contributed by atoms with Gasteiger partial charge in [-0.25, -0.2) is 4.98 Å². The molecule has 0 saturated heterocycles. The summed E-state index contributed by atoms with van der Waals surface area (Å²) in [6.07, 6.45) is 2.86. The first kappa shape index (κ1) is 21.5. The summed E-state index contributed by atoms with van der Waals surface area (Å²) in [5.74, 6) is 1.67. The third-order valence-electron chi connectivity index (χ3n) is 5.20. The van der Waals surface area contributed by atoms with Gasteiger partial charge in [0, 0.05) is 17.1 Å². The maximum absolute atomic E-state index is 13.0. The number of aromatic nitrogens is 2. The quantitative estimate of drug-likeness (QED) is 0.361. The molecule has 0 bridgehead atoms. The lowest BCUT2D eigenvalue weighted by Crippen LogP contribution is -2.31. The van der Waals surface area contributed by atoms with Crippen LogP contribution in [0.2, 0.25) is 5.02 Å². The van der Waals surface area contributed by atoms with Gasteiger partial charge in [-0.2, -0.15) is 11.8 Å². The molecular formula is C25H24ClN3OS. The lowest BCUT2D eigenvalue weighted by molar-refractivity contribution is 0.0933. The molecule has 0 saturated carbocycles. The summed E-state index contributed by atoms with van der Waals surface area (Å²) >= 11 is 7.74. The molecule has 1 unspecified atom stereocenters. The predicted molar refractivity (Wildman–Crippen MR) is 130 cm³/mol. The number of nitrogens with one attached hydrogen (secondary N) is 1. The van der Waals surface area contributed by atoms with Gasteiger partial charge in [0.05, 0.1) is 17.1 Å². The first-order valence-corrected chi connectivity index (χ1v) is 12.0. The minimum Gasteiger partial charge on any atom is -0.342 e. The minimum atomic E-state index is -0.202.